The van der Waals surface area contributed by atoms with E-state index in [0.29, 0.717) is 78.2 Å². The van der Waals surface area contributed by atoms with Crippen LogP contribution in [0.25, 0.3) is 17.3 Å². The van der Waals surface area contributed by atoms with Crippen molar-refractivity contribution in [2.45, 2.75) is 6.10 Å². The molecule has 10 heteroatoms. The Hall–Kier alpha value is -6.09. The number of allylic oxidation sites excluding steroid dienone is 9. The van der Waals surface area contributed by atoms with Crippen molar-refractivity contribution in [2.75, 3.05) is 28.4 Å². The number of Topliss-reactive ketones (excluding diaryl/α,β-unsaturated/α-hetero) is 1. The minimum atomic E-state index is -0.606. The van der Waals surface area contributed by atoms with Gasteiger partial charge in [-0.3, -0.25) is 4.79 Å². The monoisotopic (exact) mass is 759 g/mol. The van der Waals surface area contributed by atoms with E-state index in [0.717, 1.165) is 5.56 Å². The van der Waals surface area contributed by atoms with Gasteiger partial charge in [0, 0.05) is 38.4 Å². The lowest BCUT2D eigenvalue weighted by atomic mass is 9.84. The van der Waals surface area contributed by atoms with Crippen molar-refractivity contribution in [2.24, 2.45) is 0 Å². The van der Waals surface area contributed by atoms with Crippen molar-refractivity contribution in [3.05, 3.63) is 182 Å². The molecule has 3 aliphatic rings. The minimum Gasteiger partial charge on any atom is -0.871 e. The number of methoxy groups -OCH3 is 4. The van der Waals surface area contributed by atoms with E-state index in [4.69, 9.17) is 51.6 Å². The van der Waals surface area contributed by atoms with Crippen LogP contribution < -0.4 is 24.1 Å². The molecule has 8 nitrogen and oxygen atoms in total. The number of ether oxygens (including phenoxy) is 6. The van der Waals surface area contributed by atoms with Gasteiger partial charge >= 0.3 is 0 Å². The highest BCUT2D eigenvalue weighted by Gasteiger charge is 2.29. The first-order valence-electron chi connectivity index (χ1n) is 16.8. The van der Waals surface area contributed by atoms with Gasteiger partial charge in [0.2, 0.25) is 0 Å². The van der Waals surface area contributed by atoms with Gasteiger partial charge in [-0.05, 0) is 102 Å². The third-order valence-corrected chi connectivity index (χ3v) is 9.67. The molecule has 7 rings (SSSR count). The van der Waals surface area contributed by atoms with Crippen molar-refractivity contribution in [3.63, 3.8) is 0 Å². The van der Waals surface area contributed by atoms with E-state index in [1.54, 1.807) is 95.2 Å². The van der Waals surface area contributed by atoms with Crippen LogP contribution in [0.15, 0.2) is 149 Å². The number of carbonyl (C=O) groups is 1. The Morgan fingerprint density at radius 2 is 1.26 bits per heavy atom. The minimum absolute atomic E-state index is 0.0372. The Kier molecular flexibility index (Phi) is 10.4. The van der Waals surface area contributed by atoms with Crippen molar-refractivity contribution in [1.82, 2.24) is 0 Å². The number of hydrogen-bond acceptors (Lipinski definition) is 8. The highest BCUT2D eigenvalue weighted by Crippen LogP contribution is 2.42. The van der Waals surface area contributed by atoms with Gasteiger partial charge < -0.3 is 33.5 Å². The maximum Gasteiger partial charge on any atom is 0.191 e. The summed E-state index contributed by atoms with van der Waals surface area (Å²) in [7, 11) is 6.22. The zero-order valence-corrected chi connectivity index (χ0v) is 31.2. The highest BCUT2D eigenvalue weighted by atomic mass is 35.5. The predicted octanol–water partition coefficient (Wildman–Crippen LogP) is 9.23. The van der Waals surface area contributed by atoms with Crippen LogP contribution in [0.1, 0.15) is 28.4 Å². The van der Waals surface area contributed by atoms with Crippen LogP contribution in [-0.4, -0.2) is 34.2 Å². The maximum absolute atomic E-state index is 13.7. The maximum atomic E-state index is 13.7. The Morgan fingerprint density at radius 1 is 0.667 bits per heavy atom. The van der Waals surface area contributed by atoms with E-state index >= 15 is 0 Å². The number of hydrogen-bond donors (Lipinski definition) is 0. The van der Waals surface area contributed by atoms with Crippen molar-refractivity contribution < 1.29 is 38.3 Å². The van der Waals surface area contributed by atoms with Crippen LogP contribution in [0.4, 0.5) is 0 Å². The van der Waals surface area contributed by atoms with Gasteiger partial charge in [-0.2, -0.15) is 0 Å². The summed E-state index contributed by atoms with van der Waals surface area (Å²) in [5, 5.41) is 14.7. The van der Waals surface area contributed by atoms with Gasteiger partial charge in [-0.1, -0.05) is 59.3 Å². The van der Waals surface area contributed by atoms with Gasteiger partial charge in [-0.25, -0.2) is 0 Å². The number of rotatable bonds is 10. The molecule has 0 aromatic heterocycles. The lowest BCUT2D eigenvalue weighted by Crippen LogP contribution is -2.29. The van der Waals surface area contributed by atoms with Crippen LogP contribution >= 0.6 is 23.2 Å². The summed E-state index contributed by atoms with van der Waals surface area (Å²) in [6, 6.07) is 25.4. The third-order valence-electron chi connectivity index (χ3n) is 9.00. The summed E-state index contributed by atoms with van der Waals surface area (Å²) in [6.07, 6.45) is 9.64. The van der Waals surface area contributed by atoms with E-state index < -0.39 is 17.6 Å². The highest BCUT2D eigenvalue weighted by molar-refractivity contribution is 6.32. The molecule has 1 atom stereocenters. The standard InChI is InChI=1S/C44H34Cl2O8/c1-49-35-15-13-27(23-41(35)51-3)37-19-25(21-39(53-37)29-9-5-7-11-33(29)45)17-31-43(47)32(44(31)48)18-26-20-38(28-14-16-36(50-2)42(24-28)52-4)54-40(22-26)30-10-6-8-12-34(30)46/h5-24,39,47H,1-4H3/p-1/b26-18-,31-17?. The SMILES string of the molecule is COc1ccc(C2=C/C(=C/C3=C([O-])C(=CC4=CC(c5ccccc5Cl)OC(c5ccc(OC)c(OC)c5)=C4)C3=O)C=C(c3ccccc3Cl)O2)cc1OC. The van der Waals surface area contributed by atoms with Gasteiger partial charge in [-0.15, -0.1) is 0 Å². The summed E-state index contributed by atoms with van der Waals surface area (Å²) in [5.74, 6) is 2.75. The van der Waals surface area contributed by atoms with E-state index in [2.05, 4.69) is 0 Å². The molecule has 4 aromatic rings. The third kappa shape index (κ3) is 7.14. The number of halogens is 2. The van der Waals surface area contributed by atoms with Crippen LogP contribution in [0.5, 0.6) is 23.0 Å². The van der Waals surface area contributed by atoms with Crippen molar-refractivity contribution >= 4 is 46.3 Å². The van der Waals surface area contributed by atoms with Crippen molar-refractivity contribution in [3.8, 4) is 23.0 Å². The molecule has 54 heavy (non-hydrogen) atoms. The first kappa shape index (κ1) is 36.3. The average Bonchev–Trinajstić information content (AvgIpc) is 3.21. The summed E-state index contributed by atoms with van der Waals surface area (Å²) < 4.78 is 34.6. The number of benzene rings is 4. The Morgan fingerprint density at radius 3 is 1.87 bits per heavy atom. The molecule has 1 aliphatic carbocycles. The van der Waals surface area contributed by atoms with E-state index in [1.165, 1.54) is 0 Å². The Bertz CT molecular complexity index is 2390. The van der Waals surface area contributed by atoms with E-state index in [1.807, 2.05) is 54.6 Å². The van der Waals surface area contributed by atoms with Crippen LogP contribution in [0, 0.1) is 0 Å². The second kappa shape index (κ2) is 15.5. The second-order valence-electron chi connectivity index (χ2n) is 12.2. The van der Waals surface area contributed by atoms with Crippen molar-refractivity contribution in [1.29, 1.82) is 0 Å². The fourth-order valence-electron chi connectivity index (χ4n) is 6.23. The molecule has 2 heterocycles. The fraction of sp³-hybridized carbons (Fsp3) is 0.114. The predicted molar refractivity (Wildman–Crippen MR) is 207 cm³/mol. The molecule has 272 valence electrons. The first-order chi connectivity index (χ1) is 26.2. The van der Waals surface area contributed by atoms with E-state index in [9.17, 15) is 9.90 Å². The van der Waals surface area contributed by atoms with E-state index in [-0.39, 0.29) is 11.1 Å². The molecule has 0 saturated heterocycles. The Labute approximate surface area is 322 Å². The van der Waals surface area contributed by atoms with Gasteiger partial charge in [0.25, 0.3) is 0 Å². The number of carbonyl (C=O) groups excluding carboxylic acids is 1. The molecule has 0 N–H and O–H groups in total. The second-order valence-corrected chi connectivity index (χ2v) is 13.1. The zero-order valence-electron chi connectivity index (χ0n) is 29.6. The molecule has 0 saturated carbocycles. The molecule has 1 unspecified atom stereocenters. The molecule has 0 amide bonds. The van der Waals surface area contributed by atoms with Gasteiger partial charge in [0.15, 0.2) is 28.8 Å². The molecule has 0 radical (unpaired) electrons. The topological polar surface area (TPSA) is 95.5 Å². The zero-order chi connectivity index (χ0) is 37.9. The number of ketones is 1. The largest absolute Gasteiger partial charge is 0.871 e. The molecule has 4 aromatic carbocycles. The summed E-state index contributed by atoms with van der Waals surface area (Å²) in [5.41, 5.74) is 4.00. The summed E-state index contributed by atoms with van der Waals surface area (Å²) in [4.78, 5) is 13.7. The van der Waals surface area contributed by atoms with Crippen LogP contribution in [0.3, 0.4) is 0 Å². The molecule has 0 fully saturated rings. The molecular weight excluding hydrogens is 727 g/mol. The van der Waals surface area contributed by atoms with Gasteiger partial charge in [0.1, 0.15) is 23.4 Å². The Balaban J connectivity index is 1.28. The first-order valence-corrected chi connectivity index (χ1v) is 17.5. The normalized spacial score (nSPS) is 18.1. The summed E-state index contributed by atoms with van der Waals surface area (Å²) >= 11 is 13.2. The molecule has 0 bridgehead atoms. The smallest absolute Gasteiger partial charge is 0.191 e. The molecule has 2 aliphatic heterocycles. The quantitative estimate of drug-likeness (QED) is 0.148. The fourth-order valence-corrected chi connectivity index (χ4v) is 6.70. The molecular formula is C44H33Cl2O8-. The summed E-state index contributed by atoms with van der Waals surface area (Å²) in [6.45, 7) is 0. The van der Waals surface area contributed by atoms with Crippen LogP contribution in [0.2, 0.25) is 10.0 Å². The molecule has 0 spiro atoms. The lowest BCUT2D eigenvalue weighted by Gasteiger charge is -2.30. The average molecular weight is 761 g/mol. The lowest BCUT2D eigenvalue weighted by molar-refractivity contribution is -0.300. The van der Waals surface area contributed by atoms with Crippen LogP contribution in [-0.2, 0) is 14.3 Å². The van der Waals surface area contributed by atoms with Gasteiger partial charge in [0.05, 0.1) is 33.5 Å².